The Bertz CT molecular complexity index is 690. The number of ether oxygens (including phenoxy) is 1. The summed E-state index contributed by atoms with van der Waals surface area (Å²) in [7, 11) is 1.50. The van der Waals surface area contributed by atoms with Gasteiger partial charge >= 0.3 is 5.97 Å². The number of carbonyl (C=O) groups is 2. The molecule has 0 aliphatic heterocycles. The van der Waals surface area contributed by atoms with Crippen LogP contribution < -0.4 is 4.74 Å². The lowest BCUT2D eigenvalue weighted by atomic mass is 10.1. The van der Waals surface area contributed by atoms with Gasteiger partial charge in [0.1, 0.15) is 5.75 Å². The monoisotopic (exact) mass is 334 g/mol. The van der Waals surface area contributed by atoms with Crippen molar-refractivity contribution < 1.29 is 19.4 Å². The molecule has 22 heavy (non-hydrogen) atoms. The molecular weight excluding hydrogens is 320 g/mol. The first-order valence-corrected chi connectivity index (χ1v) is 8.25. The van der Waals surface area contributed by atoms with Crippen LogP contribution in [0.4, 0.5) is 0 Å². The van der Waals surface area contributed by atoms with Crippen LogP contribution in [0.15, 0.2) is 46.7 Å². The molecule has 0 saturated carbocycles. The number of carboxylic acids is 1. The Hall–Kier alpha value is -2.05. The zero-order chi connectivity index (χ0) is 15.9. The Labute approximate surface area is 136 Å². The molecule has 0 spiro atoms. The Kier molecular flexibility index (Phi) is 5.80. The topological polar surface area (TPSA) is 63.6 Å². The average Bonchev–Trinajstić information content (AvgIpc) is 3.03. The summed E-state index contributed by atoms with van der Waals surface area (Å²) < 4.78 is 5.23. The van der Waals surface area contributed by atoms with Gasteiger partial charge in [-0.15, -0.1) is 23.1 Å². The lowest BCUT2D eigenvalue weighted by molar-refractivity contribution is -0.133. The third-order valence-electron chi connectivity index (χ3n) is 2.74. The molecular formula is C16H14O4S2. The molecule has 6 heteroatoms. The first-order valence-electron chi connectivity index (χ1n) is 6.38. The Balaban J connectivity index is 2.14. The molecule has 0 aliphatic carbocycles. The summed E-state index contributed by atoms with van der Waals surface area (Å²) in [6.45, 7) is 0. The lowest BCUT2D eigenvalue weighted by Gasteiger charge is -2.08. The van der Waals surface area contributed by atoms with E-state index in [-0.39, 0.29) is 11.5 Å². The van der Waals surface area contributed by atoms with Gasteiger partial charge in [0, 0.05) is 15.3 Å². The third-order valence-corrected chi connectivity index (χ3v) is 4.62. The van der Waals surface area contributed by atoms with E-state index in [2.05, 4.69) is 0 Å². The maximum atomic E-state index is 12.1. The minimum absolute atomic E-state index is 0.0536. The molecule has 0 aliphatic rings. The second kappa shape index (κ2) is 7.82. The van der Waals surface area contributed by atoms with Crippen molar-refractivity contribution in [3.63, 3.8) is 0 Å². The summed E-state index contributed by atoms with van der Waals surface area (Å²) in [6.07, 6.45) is 3.29. The summed E-state index contributed by atoms with van der Waals surface area (Å²) in [5.74, 6) is -0.573. The van der Waals surface area contributed by atoms with Gasteiger partial charge in [-0.2, -0.15) is 0 Å². The fraction of sp³-hybridized carbons (Fsp3) is 0.125. The summed E-state index contributed by atoms with van der Waals surface area (Å²) >= 11 is 2.72. The highest BCUT2D eigenvalue weighted by atomic mass is 32.2. The predicted molar refractivity (Wildman–Crippen MR) is 89.0 cm³/mol. The SMILES string of the molecule is COc1cc(C(=O)/C=C/c2cccs2)ccc1SCC(=O)O. The molecule has 1 heterocycles. The fourth-order valence-electron chi connectivity index (χ4n) is 1.72. The van der Waals surface area contributed by atoms with Crippen LogP contribution in [0.3, 0.4) is 0 Å². The van der Waals surface area contributed by atoms with Crippen LogP contribution in [-0.2, 0) is 4.79 Å². The van der Waals surface area contributed by atoms with Gasteiger partial charge in [0.2, 0.25) is 0 Å². The second-order valence-corrected chi connectivity index (χ2v) is 6.26. The van der Waals surface area contributed by atoms with Gasteiger partial charge < -0.3 is 9.84 Å². The van der Waals surface area contributed by atoms with E-state index in [4.69, 9.17) is 9.84 Å². The lowest BCUT2D eigenvalue weighted by Crippen LogP contribution is -2.00. The number of hydrogen-bond donors (Lipinski definition) is 1. The number of thioether (sulfide) groups is 1. The van der Waals surface area contributed by atoms with Crippen molar-refractivity contribution in [2.24, 2.45) is 0 Å². The summed E-state index contributed by atoms with van der Waals surface area (Å²) in [5, 5.41) is 10.7. The predicted octanol–water partition coefficient (Wildman–Crippen LogP) is 3.83. The number of hydrogen-bond acceptors (Lipinski definition) is 5. The molecule has 0 amide bonds. The third kappa shape index (κ3) is 4.47. The molecule has 1 aromatic carbocycles. The largest absolute Gasteiger partial charge is 0.496 e. The number of rotatable bonds is 7. The average molecular weight is 334 g/mol. The molecule has 2 rings (SSSR count). The minimum atomic E-state index is -0.897. The number of ketones is 1. The highest BCUT2D eigenvalue weighted by Gasteiger charge is 2.10. The van der Waals surface area contributed by atoms with E-state index in [9.17, 15) is 9.59 Å². The van der Waals surface area contributed by atoms with Gasteiger partial charge in [-0.1, -0.05) is 6.07 Å². The van der Waals surface area contributed by atoms with Gasteiger partial charge in [0.25, 0.3) is 0 Å². The van der Waals surface area contributed by atoms with Crippen LogP contribution in [0.2, 0.25) is 0 Å². The Morgan fingerprint density at radius 3 is 2.82 bits per heavy atom. The maximum Gasteiger partial charge on any atom is 0.313 e. The summed E-state index contributed by atoms with van der Waals surface area (Å²) in [5.41, 5.74) is 0.504. The number of allylic oxidation sites excluding steroid dienone is 1. The van der Waals surface area contributed by atoms with Crippen LogP contribution in [-0.4, -0.2) is 29.7 Å². The zero-order valence-electron chi connectivity index (χ0n) is 11.8. The number of aliphatic carboxylic acids is 1. The maximum absolute atomic E-state index is 12.1. The standard InChI is InChI=1S/C16H14O4S2/c1-20-14-9-11(4-7-15(14)22-10-16(18)19)13(17)6-5-12-3-2-8-21-12/h2-9H,10H2,1H3,(H,18,19)/b6-5+. The van der Waals surface area contributed by atoms with Crippen molar-refractivity contribution in [2.45, 2.75) is 4.90 Å². The van der Waals surface area contributed by atoms with E-state index in [1.165, 1.54) is 13.2 Å². The smallest absolute Gasteiger partial charge is 0.313 e. The molecule has 0 atom stereocenters. The van der Waals surface area contributed by atoms with Crippen LogP contribution in [0.5, 0.6) is 5.75 Å². The van der Waals surface area contributed by atoms with E-state index in [0.717, 1.165) is 16.6 Å². The quantitative estimate of drug-likeness (QED) is 0.474. The molecule has 0 unspecified atom stereocenters. The number of thiophene rings is 1. The Morgan fingerprint density at radius 2 is 2.18 bits per heavy atom. The van der Waals surface area contributed by atoms with Crippen LogP contribution >= 0.6 is 23.1 Å². The first-order chi connectivity index (χ1) is 10.6. The molecule has 0 bridgehead atoms. The highest BCUT2D eigenvalue weighted by molar-refractivity contribution is 8.00. The minimum Gasteiger partial charge on any atom is -0.496 e. The van der Waals surface area contributed by atoms with Crippen LogP contribution in [0, 0.1) is 0 Å². The number of methoxy groups -OCH3 is 1. The van der Waals surface area contributed by atoms with E-state index in [1.54, 1.807) is 35.6 Å². The van der Waals surface area contributed by atoms with E-state index < -0.39 is 5.97 Å². The summed E-state index contributed by atoms with van der Waals surface area (Å²) in [6, 6.07) is 8.87. The normalized spacial score (nSPS) is 10.8. The number of carbonyl (C=O) groups excluding carboxylic acids is 1. The number of benzene rings is 1. The molecule has 114 valence electrons. The van der Waals surface area contributed by atoms with Crippen molar-refractivity contribution in [3.8, 4) is 5.75 Å². The molecule has 2 aromatic rings. The van der Waals surface area contributed by atoms with Crippen molar-refractivity contribution in [1.82, 2.24) is 0 Å². The van der Waals surface area contributed by atoms with Crippen molar-refractivity contribution >= 4 is 40.9 Å². The number of carboxylic acid groups (broad SMARTS) is 1. The first kappa shape index (κ1) is 16.3. The van der Waals surface area contributed by atoms with Crippen LogP contribution in [0.25, 0.3) is 6.08 Å². The van der Waals surface area contributed by atoms with E-state index in [0.29, 0.717) is 16.2 Å². The molecule has 0 saturated heterocycles. The molecule has 0 radical (unpaired) electrons. The Morgan fingerprint density at radius 1 is 1.36 bits per heavy atom. The van der Waals surface area contributed by atoms with E-state index in [1.807, 2.05) is 17.5 Å². The molecule has 4 nitrogen and oxygen atoms in total. The fourth-order valence-corrected chi connectivity index (χ4v) is 3.07. The van der Waals surface area contributed by atoms with E-state index >= 15 is 0 Å². The van der Waals surface area contributed by atoms with Gasteiger partial charge in [0.05, 0.1) is 12.9 Å². The van der Waals surface area contributed by atoms with Crippen molar-refractivity contribution in [1.29, 1.82) is 0 Å². The van der Waals surface area contributed by atoms with Crippen LogP contribution in [0.1, 0.15) is 15.2 Å². The highest BCUT2D eigenvalue weighted by Crippen LogP contribution is 2.30. The molecule has 1 N–H and O–H groups in total. The summed E-state index contributed by atoms with van der Waals surface area (Å²) in [4.78, 5) is 24.5. The van der Waals surface area contributed by atoms with Crippen molar-refractivity contribution in [3.05, 3.63) is 52.2 Å². The molecule has 1 aromatic heterocycles. The van der Waals surface area contributed by atoms with Gasteiger partial charge in [-0.3, -0.25) is 9.59 Å². The van der Waals surface area contributed by atoms with Gasteiger partial charge in [-0.05, 0) is 41.8 Å². The second-order valence-electron chi connectivity index (χ2n) is 4.26. The zero-order valence-corrected chi connectivity index (χ0v) is 13.4. The van der Waals surface area contributed by atoms with Gasteiger partial charge in [-0.25, -0.2) is 0 Å². The van der Waals surface area contributed by atoms with Crippen molar-refractivity contribution in [2.75, 3.05) is 12.9 Å². The van der Waals surface area contributed by atoms with Gasteiger partial charge in [0.15, 0.2) is 5.78 Å². The molecule has 0 fully saturated rings.